The molecule has 0 saturated carbocycles. The van der Waals surface area contributed by atoms with Crippen molar-refractivity contribution >= 4 is 54.7 Å². The number of hydrogen-bond donors (Lipinski definition) is 0. The van der Waals surface area contributed by atoms with Crippen molar-refractivity contribution in [1.82, 2.24) is 14.1 Å². The normalized spacial score (nSPS) is 11.8. The maximum atomic E-state index is 6.20. The first-order valence-corrected chi connectivity index (χ1v) is 18.0. The van der Waals surface area contributed by atoms with Gasteiger partial charge in [0, 0.05) is 38.5 Å². The molecular weight excluding hydrogens is 647 g/mol. The summed E-state index contributed by atoms with van der Waals surface area (Å²) in [5, 5.41) is 5.02. The fourth-order valence-electron chi connectivity index (χ4n) is 8.12. The molecule has 11 aromatic rings. The summed E-state index contributed by atoms with van der Waals surface area (Å²) in [6.45, 7) is 0. The highest BCUT2D eigenvalue weighted by atomic mass is 16.3. The predicted molar refractivity (Wildman–Crippen MR) is 219 cm³/mol. The van der Waals surface area contributed by atoms with Crippen molar-refractivity contribution in [3.63, 3.8) is 0 Å². The molecule has 0 atom stereocenters. The highest BCUT2D eigenvalue weighted by Gasteiger charge is 2.20. The molecule has 4 nitrogen and oxygen atoms in total. The van der Waals surface area contributed by atoms with Crippen LogP contribution >= 0.6 is 0 Å². The molecule has 53 heavy (non-hydrogen) atoms. The Kier molecular flexibility index (Phi) is 6.52. The number of fused-ring (bicyclic) bond motifs is 8. The lowest BCUT2D eigenvalue weighted by molar-refractivity contribution is 0.620. The van der Waals surface area contributed by atoms with Crippen LogP contribution in [0.1, 0.15) is 0 Å². The predicted octanol–water partition coefficient (Wildman–Crippen LogP) is 13.0. The summed E-state index contributed by atoms with van der Waals surface area (Å²) in [6.07, 6.45) is 0. The Balaban J connectivity index is 1.04. The van der Waals surface area contributed by atoms with Crippen LogP contribution in [0.25, 0.3) is 99.8 Å². The Bertz CT molecular complexity index is 3130. The zero-order valence-corrected chi connectivity index (χ0v) is 28.6. The molecule has 0 N–H and O–H groups in total. The molecule has 11 rings (SSSR count). The van der Waals surface area contributed by atoms with Gasteiger partial charge in [-0.2, -0.15) is 0 Å². The molecule has 0 bridgehead atoms. The number of rotatable bonds is 5. The standard InChI is InChI=1S/C49H31N3O/c1-3-11-32(12-4-1)33-19-24-37(25-20-33)51-42-17-9-7-15-39(42)47-44(51)29-30-45-48(47)40-16-8-10-18-43(40)52(45)38-26-21-34(22-27-38)36-23-28-41-46(31-36)53-49(50-41)35-13-5-2-6-14-35/h1-31H. The highest BCUT2D eigenvalue weighted by molar-refractivity contribution is 6.28. The number of para-hydroxylation sites is 2. The molecular formula is C49H31N3O. The molecule has 0 unspecified atom stereocenters. The van der Waals surface area contributed by atoms with E-state index in [-0.39, 0.29) is 0 Å². The largest absolute Gasteiger partial charge is 0.436 e. The number of oxazole rings is 1. The molecule has 0 aliphatic heterocycles. The molecule has 0 amide bonds. The lowest BCUT2D eigenvalue weighted by Crippen LogP contribution is -1.95. The molecule has 0 radical (unpaired) electrons. The van der Waals surface area contributed by atoms with Crippen LogP contribution in [0, 0.1) is 0 Å². The zero-order chi connectivity index (χ0) is 34.9. The van der Waals surface area contributed by atoms with Crippen LogP contribution in [-0.2, 0) is 0 Å². The first-order chi connectivity index (χ1) is 26.3. The minimum Gasteiger partial charge on any atom is -0.436 e. The Hall–Kier alpha value is -7.17. The van der Waals surface area contributed by atoms with Crippen molar-refractivity contribution in [3.05, 3.63) is 188 Å². The molecule has 0 fully saturated rings. The number of aromatic nitrogens is 3. The van der Waals surface area contributed by atoms with Crippen molar-refractivity contribution in [3.8, 4) is 45.1 Å². The van der Waals surface area contributed by atoms with Gasteiger partial charge in [-0.1, -0.05) is 115 Å². The second-order valence-electron chi connectivity index (χ2n) is 13.6. The van der Waals surface area contributed by atoms with Gasteiger partial charge in [-0.05, 0) is 95.1 Å². The molecule has 0 saturated heterocycles. The highest BCUT2D eigenvalue weighted by Crippen LogP contribution is 2.42. The van der Waals surface area contributed by atoms with Crippen LogP contribution in [0.4, 0.5) is 0 Å². The molecule has 0 aliphatic rings. The van der Waals surface area contributed by atoms with Crippen LogP contribution in [0.3, 0.4) is 0 Å². The first kappa shape index (κ1) is 29.5. The van der Waals surface area contributed by atoms with E-state index in [0.29, 0.717) is 5.89 Å². The number of hydrogen-bond acceptors (Lipinski definition) is 2. The Morgan fingerprint density at radius 1 is 0.358 bits per heavy atom. The number of benzene rings is 8. The van der Waals surface area contributed by atoms with Crippen LogP contribution < -0.4 is 0 Å². The van der Waals surface area contributed by atoms with Crippen LogP contribution in [-0.4, -0.2) is 14.1 Å². The summed E-state index contributed by atoms with van der Waals surface area (Å²) in [6, 6.07) is 66.8. The maximum Gasteiger partial charge on any atom is 0.227 e. The van der Waals surface area contributed by atoms with E-state index in [1.807, 2.05) is 36.4 Å². The van der Waals surface area contributed by atoms with Gasteiger partial charge in [-0.15, -0.1) is 0 Å². The summed E-state index contributed by atoms with van der Waals surface area (Å²) in [7, 11) is 0. The lowest BCUT2D eigenvalue weighted by Gasteiger charge is -2.11. The van der Waals surface area contributed by atoms with Crippen LogP contribution in [0.15, 0.2) is 192 Å². The van der Waals surface area contributed by atoms with Crippen molar-refractivity contribution in [1.29, 1.82) is 0 Å². The van der Waals surface area contributed by atoms with Crippen molar-refractivity contribution in [2.24, 2.45) is 0 Å². The van der Waals surface area contributed by atoms with Gasteiger partial charge in [0.05, 0.1) is 22.1 Å². The molecule has 3 aromatic heterocycles. The second kappa shape index (κ2) is 11.7. The molecule has 248 valence electrons. The van der Waals surface area contributed by atoms with Gasteiger partial charge in [-0.25, -0.2) is 4.98 Å². The molecule has 0 spiro atoms. The van der Waals surface area contributed by atoms with E-state index >= 15 is 0 Å². The third-order valence-electron chi connectivity index (χ3n) is 10.6. The van der Waals surface area contributed by atoms with Crippen molar-refractivity contribution in [2.75, 3.05) is 0 Å². The quantitative estimate of drug-likeness (QED) is 0.182. The van der Waals surface area contributed by atoms with E-state index < -0.39 is 0 Å². The second-order valence-corrected chi connectivity index (χ2v) is 13.6. The monoisotopic (exact) mass is 677 g/mol. The summed E-state index contributed by atoms with van der Waals surface area (Å²) < 4.78 is 11.0. The first-order valence-electron chi connectivity index (χ1n) is 18.0. The molecule has 4 heteroatoms. The third kappa shape index (κ3) is 4.66. The molecule has 8 aromatic carbocycles. The van der Waals surface area contributed by atoms with E-state index in [1.54, 1.807) is 0 Å². The van der Waals surface area contributed by atoms with Gasteiger partial charge in [0.2, 0.25) is 5.89 Å². The van der Waals surface area contributed by atoms with Gasteiger partial charge in [-0.3, -0.25) is 0 Å². The van der Waals surface area contributed by atoms with Gasteiger partial charge in [0.1, 0.15) is 5.52 Å². The zero-order valence-electron chi connectivity index (χ0n) is 28.6. The van der Waals surface area contributed by atoms with Crippen LogP contribution in [0.2, 0.25) is 0 Å². The smallest absolute Gasteiger partial charge is 0.227 e. The Labute approximate surface area is 305 Å². The average Bonchev–Trinajstić information content (AvgIpc) is 3.92. The van der Waals surface area contributed by atoms with Crippen LogP contribution in [0.5, 0.6) is 0 Å². The fraction of sp³-hybridized carbons (Fsp3) is 0. The fourth-order valence-corrected chi connectivity index (χ4v) is 8.12. The van der Waals surface area contributed by atoms with Gasteiger partial charge in [0.25, 0.3) is 0 Å². The summed E-state index contributed by atoms with van der Waals surface area (Å²) in [5.41, 5.74) is 14.3. The minimum absolute atomic E-state index is 0.637. The van der Waals surface area contributed by atoms with E-state index in [0.717, 1.165) is 39.2 Å². The van der Waals surface area contributed by atoms with Gasteiger partial charge < -0.3 is 13.6 Å². The van der Waals surface area contributed by atoms with Crippen molar-refractivity contribution in [2.45, 2.75) is 0 Å². The Morgan fingerprint density at radius 2 is 0.811 bits per heavy atom. The lowest BCUT2D eigenvalue weighted by atomic mass is 10.0. The molecule has 0 aliphatic carbocycles. The maximum absolute atomic E-state index is 6.20. The van der Waals surface area contributed by atoms with Crippen molar-refractivity contribution < 1.29 is 4.42 Å². The SMILES string of the molecule is c1ccc(-c2ccc(-n3c4ccccc4c4c5c6ccccc6n(-c6ccc(-c7ccc8nc(-c9ccccc9)oc8c7)cc6)c5ccc43)cc2)cc1. The molecule has 3 heterocycles. The van der Waals surface area contributed by atoms with E-state index in [9.17, 15) is 0 Å². The van der Waals surface area contributed by atoms with Gasteiger partial charge >= 0.3 is 0 Å². The summed E-state index contributed by atoms with van der Waals surface area (Å²) >= 11 is 0. The summed E-state index contributed by atoms with van der Waals surface area (Å²) in [5.74, 6) is 0.637. The van der Waals surface area contributed by atoms with E-state index in [2.05, 4.69) is 161 Å². The minimum atomic E-state index is 0.637. The summed E-state index contributed by atoms with van der Waals surface area (Å²) in [4.78, 5) is 4.73. The average molecular weight is 678 g/mol. The topological polar surface area (TPSA) is 35.9 Å². The van der Waals surface area contributed by atoms with Gasteiger partial charge in [0.15, 0.2) is 5.58 Å². The third-order valence-corrected chi connectivity index (χ3v) is 10.6. The van der Waals surface area contributed by atoms with E-state index in [1.165, 1.54) is 54.7 Å². The Morgan fingerprint density at radius 3 is 1.38 bits per heavy atom. The van der Waals surface area contributed by atoms with E-state index in [4.69, 9.17) is 9.40 Å². The number of nitrogens with zero attached hydrogens (tertiary/aromatic N) is 3.